The quantitative estimate of drug-likeness (QED) is 0.775. The predicted molar refractivity (Wildman–Crippen MR) is 55.1 cm³/mol. The lowest BCUT2D eigenvalue weighted by Gasteiger charge is -2.29. The molecule has 2 fully saturated rings. The van der Waals surface area contributed by atoms with Crippen molar-refractivity contribution in [2.75, 3.05) is 6.54 Å². The average Bonchev–Trinajstić information content (AvgIpc) is 2.66. The smallest absolute Gasteiger partial charge is 0.0951 e. The first-order chi connectivity index (χ1) is 6.95. The largest absolute Gasteiger partial charge is 0.330 e. The van der Waals surface area contributed by atoms with E-state index in [1.54, 1.807) is 0 Å². The molecule has 1 atom stereocenters. The summed E-state index contributed by atoms with van der Waals surface area (Å²) < 4.78 is 2.40. The molecule has 3 nitrogen and oxygen atoms in total. The molecule has 0 aromatic carbocycles. The SMILES string of the molecule is c1ncn(C2CCC2)c1[C@@H]1CCCN1. The maximum absolute atomic E-state index is 4.29. The number of nitrogens with one attached hydrogen (secondary N) is 1. The Labute approximate surface area is 84.5 Å². The Balaban J connectivity index is 1.85. The minimum absolute atomic E-state index is 0.568. The summed E-state index contributed by atoms with van der Waals surface area (Å²) in [5.41, 5.74) is 1.41. The van der Waals surface area contributed by atoms with E-state index in [1.807, 2.05) is 12.5 Å². The lowest BCUT2D eigenvalue weighted by molar-refractivity contribution is 0.301. The van der Waals surface area contributed by atoms with Gasteiger partial charge in [0.25, 0.3) is 0 Å². The zero-order valence-electron chi connectivity index (χ0n) is 8.45. The van der Waals surface area contributed by atoms with Gasteiger partial charge in [-0.25, -0.2) is 4.98 Å². The van der Waals surface area contributed by atoms with Gasteiger partial charge in [-0.2, -0.15) is 0 Å². The van der Waals surface area contributed by atoms with Crippen molar-refractivity contribution in [3.8, 4) is 0 Å². The third-order valence-corrected chi connectivity index (χ3v) is 3.58. The van der Waals surface area contributed by atoms with Crippen molar-refractivity contribution in [1.29, 1.82) is 0 Å². The monoisotopic (exact) mass is 191 g/mol. The van der Waals surface area contributed by atoms with Crippen LogP contribution in [-0.2, 0) is 0 Å². The Kier molecular flexibility index (Phi) is 2.05. The van der Waals surface area contributed by atoms with Crippen LogP contribution in [0, 0.1) is 0 Å². The molecule has 1 aliphatic heterocycles. The van der Waals surface area contributed by atoms with Crippen molar-refractivity contribution in [1.82, 2.24) is 14.9 Å². The van der Waals surface area contributed by atoms with Crippen LogP contribution >= 0.6 is 0 Å². The van der Waals surface area contributed by atoms with Crippen molar-refractivity contribution in [3.05, 3.63) is 18.2 Å². The predicted octanol–water partition coefficient (Wildman–Crippen LogP) is 2.03. The fourth-order valence-corrected chi connectivity index (χ4v) is 2.49. The molecule has 3 rings (SSSR count). The van der Waals surface area contributed by atoms with Gasteiger partial charge in [-0.3, -0.25) is 0 Å². The molecule has 2 aliphatic rings. The zero-order chi connectivity index (χ0) is 9.38. The lowest BCUT2D eigenvalue weighted by atomic mass is 9.92. The van der Waals surface area contributed by atoms with Gasteiger partial charge in [-0.1, -0.05) is 0 Å². The maximum atomic E-state index is 4.29. The van der Waals surface area contributed by atoms with Gasteiger partial charge in [0.15, 0.2) is 0 Å². The van der Waals surface area contributed by atoms with Gasteiger partial charge in [0.1, 0.15) is 0 Å². The molecule has 0 spiro atoms. The minimum Gasteiger partial charge on any atom is -0.330 e. The summed E-state index contributed by atoms with van der Waals surface area (Å²) in [7, 11) is 0. The Hall–Kier alpha value is -0.830. The second kappa shape index (κ2) is 3.39. The van der Waals surface area contributed by atoms with Crippen molar-refractivity contribution in [2.24, 2.45) is 0 Å². The minimum atomic E-state index is 0.568. The summed E-state index contributed by atoms with van der Waals surface area (Å²) in [4.78, 5) is 4.29. The topological polar surface area (TPSA) is 29.9 Å². The van der Waals surface area contributed by atoms with E-state index in [9.17, 15) is 0 Å². The summed E-state index contributed by atoms with van der Waals surface area (Å²) >= 11 is 0. The van der Waals surface area contributed by atoms with Crippen LogP contribution in [0.2, 0.25) is 0 Å². The summed E-state index contributed by atoms with van der Waals surface area (Å²) in [6.45, 7) is 1.17. The first-order valence-electron chi connectivity index (χ1n) is 5.70. The van der Waals surface area contributed by atoms with Crippen LogP contribution in [0.3, 0.4) is 0 Å². The van der Waals surface area contributed by atoms with E-state index in [0.29, 0.717) is 6.04 Å². The molecule has 0 radical (unpaired) electrons. The van der Waals surface area contributed by atoms with Crippen LogP contribution in [0.25, 0.3) is 0 Å². The lowest BCUT2D eigenvalue weighted by Crippen LogP contribution is -2.22. The van der Waals surface area contributed by atoms with E-state index in [4.69, 9.17) is 0 Å². The highest BCUT2D eigenvalue weighted by Crippen LogP contribution is 2.35. The van der Waals surface area contributed by atoms with E-state index in [1.165, 1.54) is 44.3 Å². The van der Waals surface area contributed by atoms with Gasteiger partial charge >= 0.3 is 0 Å². The van der Waals surface area contributed by atoms with Crippen LogP contribution in [0.15, 0.2) is 12.5 Å². The van der Waals surface area contributed by atoms with E-state index < -0.39 is 0 Å². The molecule has 1 saturated carbocycles. The molecule has 1 aromatic heterocycles. The summed E-state index contributed by atoms with van der Waals surface area (Å²) in [5, 5.41) is 3.54. The Bertz CT molecular complexity index is 308. The van der Waals surface area contributed by atoms with E-state index in [0.717, 1.165) is 6.04 Å². The average molecular weight is 191 g/mol. The molecular formula is C11H17N3. The van der Waals surface area contributed by atoms with Crippen molar-refractivity contribution >= 4 is 0 Å². The summed E-state index contributed by atoms with van der Waals surface area (Å²) in [6.07, 6.45) is 10.7. The Morgan fingerprint density at radius 2 is 2.21 bits per heavy atom. The maximum Gasteiger partial charge on any atom is 0.0951 e. The fourth-order valence-electron chi connectivity index (χ4n) is 2.49. The van der Waals surface area contributed by atoms with Crippen LogP contribution in [0.4, 0.5) is 0 Å². The van der Waals surface area contributed by atoms with Gasteiger partial charge in [-0.15, -0.1) is 0 Å². The number of hydrogen-bond donors (Lipinski definition) is 1. The van der Waals surface area contributed by atoms with Gasteiger partial charge < -0.3 is 9.88 Å². The number of imidazole rings is 1. The summed E-state index contributed by atoms with van der Waals surface area (Å²) in [6, 6.07) is 1.31. The van der Waals surface area contributed by atoms with Crippen LogP contribution < -0.4 is 5.32 Å². The molecule has 3 heteroatoms. The van der Waals surface area contributed by atoms with Gasteiger partial charge in [0.05, 0.1) is 12.0 Å². The number of aromatic nitrogens is 2. The molecule has 14 heavy (non-hydrogen) atoms. The number of hydrogen-bond acceptors (Lipinski definition) is 2. The molecule has 0 amide bonds. The highest BCUT2D eigenvalue weighted by Gasteiger charge is 2.25. The first-order valence-corrected chi connectivity index (χ1v) is 5.70. The normalized spacial score (nSPS) is 27.9. The second-order valence-corrected chi connectivity index (χ2v) is 4.46. The highest BCUT2D eigenvalue weighted by molar-refractivity contribution is 5.09. The third kappa shape index (κ3) is 1.27. The number of rotatable bonds is 2. The fraction of sp³-hybridized carbons (Fsp3) is 0.727. The number of nitrogens with zero attached hydrogens (tertiary/aromatic N) is 2. The van der Waals surface area contributed by atoms with Crippen molar-refractivity contribution < 1.29 is 0 Å². The van der Waals surface area contributed by atoms with Crippen LogP contribution in [-0.4, -0.2) is 16.1 Å². The Morgan fingerprint density at radius 1 is 1.29 bits per heavy atom. The zero-order valence-corrected chi connectivity index (χ0v) is 8.45. The molecule has 0 unspecified atom stereocenters. The van der Waals surface area contributed by atoms with Crippen molar-refractivity contribution in [2.45, 2.75) is 44.2 Å². The Morgan fingerprint density at radius 3 is 2.86 bits per heavy atom. The van der Waals surface area contributed by atoms with Crippen LogP contribution in [0.1, 0.15) is 49.9 Å². The highest BCUT2D eigenvalue weighted by atomic mass is 15.1. The van der Waals surface area contributed by atoms with Gasteiger partial charge in [0.2, 0.25) is 0 Å². The molecule has 0 bridgehead atoms. The molecule has 1 aliphatic carbocycles. The molecule has 76 valence electrons. The van der Waals surface area contributed by atoms with E-state index in [-0.39, 0.29) is 0 Å². The second-order valence-electron chi connectivity index (χ2n) is 4.46. The van der Waals surface area contributed by atoms with Crippen molar-refractivity contribution in [3.63, 3.8) is 0 Å². The molecule has 1 saturated heterocycles. The van der Waals surface area contributed by atoms with E-state index in [2.05, 4.69) is 14.9 Å². The van der Waals surface area contributed by atoms with E-state index >= 15 is 0 Å². The molecular weight excluding hydrogens is 174 g/mol. The molecule has 1 N–H and O–H groups in total. The first kappa shape index (κ1) is 8.48. The van der Waals surface area contributed by atoms with Gasteiger partial charge in [-0.05, 0) is 38.6 Å². The summed E-state index contributed by atoms with van der Waals surface area (Å²) in [5.74, 6) is 0. The standard InChI is InChI=1S/C11H17N3/c1-3-9(4-1)14-8-12-7-11(14)10-5-2-6-13-10/h7-10,13H,1-6H2/t10-/m0/s1. The third-order valence-electron chi connectivity index (χ3n) is 3.58. The molecule has 1 aromatic rings. The van der Waals surface area contributed by atoms with Gasteiger partial charge in [0, 0.05) is 18.3 Å². The van der Waals surface area contributed by atoms with Crippen LogP contribution in [0.5, 0.6) is 0 Å². The molecule has 2 heterocycles.